The molecule has 2 atom stereocenters. The van der Waals surface area contributed by atoms with Crippen LogP contribution in [-0.4, -0.2) is 43.6 Å². The lowest BCUT2D eigenvalue weighted by Crippen LogP contribution is -2.37. The van der Waals surface area contributed by atoms with Crippen molar-refractivity contribution in [3.8, 4) is 0 Å². The SMILES string of the molecule is Cc1nn(CCC(=O)NC2CCC(NC(=O)c3cnc4ccccc4n3)C2)c(C)c1C. The minimum Gasteiger partial charge on any atom is -0.353 e. The standard InChI is InChI=1S/C23H28N6O2/c1-14-15(2)28-29(16(14)3)11-10-22(30)25-17-8-9-18(12-17)26-23(31)21-13-24-19-6-4-5-7-20(19)27-21/h4-7,13,17-18H,8-12H2,1-3H3,(H,25,30)(H,26,31). The summed E-state index contributed by atoms with van der Waals surface area (Å²) in [5.74, 6) is -0.210. The average molecular weight is 421 g/mol. The fourth-order valence-corrected chi connectivity index (χ4v) is 4.08. The summed E-state index contributed by atoms with van der Waals surface area (Å²) in [6.45, 7) is 6.62. The molecular formula is C23H28N6O2. The summed E-state index contributed by atoms with van der Waals surface area (Å²) in [4.78, 5) is 33.7. The molecule has 0 aliphatic heterocycles. The zero-order chi connectivity index (χ0) is 22.0. The predicted octanol–water partition coefficient (Wildman–Crippen LogP) is 2.61. The molecule has 8 heteroatoms. The monoisotopic (exact) mass is 420 g/mol. The van der Waals surface area contributed by atoms with Gasteiger partial charge in [0.15, 0.2) is 0 Å². The molecule has 162 valence electrons. The Morgan fingerprint density at radius 2 is 1.77 bits per heavy atom. The minimum atomic E-state index is -0.227. The summed E-state index contributed by atoms with van der Waals surface area (Å²) in [7, 11) is 0. The molecule has 4 rings (SSSR count). The molecule has 2 aromatic heterocycles. The van der Waals surface area contributed by atoms with Crippen LogP contribution in [0.3, 0.4) is 0 Å². The Morgan fingerprint density at radius 3 is 2.48 bits per heavy atom. The molecule has 2 N–H and O–H groups in total. The first-order valence-electron chi connectivity index (χ1n) is 10.7. The first kappa shape index (κ1) is 21.0. The van der Waals surface area contributed by atoms with E-state index in [1.165, 1.54) is 11.8 Å². The maximum atomic E-state index is 12.6. The predicted molar refractivity (Wildman–Crippen MR) is 118 cm³/mol. The quantitative estimate of drug-likeness (QED) is 0.638. The van der Waals surface area contributed by atoms with Gasteiger partial charge in [0.25, 0.3) is 5.91 Å². The van der Waals surface area contributed by atoms with Gasteiger partial charge in [-0.05, 0) is 57.7 Å². The summed E-state index contributed by atoms with van der Waals surface area (Å²) in [5, 5.41) is 10.6. The van der Waals surface area contributed by atoms with Gasteiger partial charge >= 0.3 is 0 Å². The van der Waals surface area contributed by atoms with Crippen LogP contribution in [0.25, 0.3) is 11.0 Å². The van der Waals surface area contributed by atoms with Crippen LogP contribution in [0, 0.1) is 20.8 Å². The number of aryl methyl sites for hydroxylation is 2. The molecule has 0 bridgehead atoms. The van der Waals surface area contributed by atoms with Crippen molar-refractivity contribution in [1.82, 2.24) is 30.4 Å². The van der Waals surface area contributed by atoms with Crippen molar-refractivity contribution in [1.29, 1.82) is 0 Å². The van der Waals surface area contributed by atoms with Crippen molar-refractivity contribution >= 4 is 22.8 Å². The Bertz CT molecular complexity index is 1120. The zero-order valence-electron chi connectivity index (χ0n) is 18.2. The number of rotatable bonds is 6. The smallest absolute Gasteiger partial charge is 0.271 e. The minimum absolute atomic E-state index is 0.0163. The van der Waals surface area contributed by atoms with Gasteiger partial charge in [0.2, 0.25) is 5.91 Å². The second-order valence-electron chi connectivity index (χ2n) is 8.26. The first-order chi connectivity index (χ1) is 14.9. The van der Waals surface area contributed by atoms with Gasteiger partial charge in [-0.25, -0.2) is 4.98 Å². The van der Waals surface area contributed by atoms with Gasteiger partial charge in [0.05, 0.1) is 22.9 Å². The van der Waals surface area contributed by atoms with Crippen LogP contribution in [0.5, 0.6) is 0 Å². The van der Waals surface area contributed by atoms with Crippen LogP contribution >= 0.6 is 0 Å². The van der Waals surface area contributed by atoms with Crippen molar-refractivity contribution in [2.75, 3.05) is 0 Å². The maximum Gasteiger partial charge on any atom is 0.271 e. The van der Waals surface area contributed by atoms with E-state index in [1.54, 1.807) is 0 Å². The van der Waals surface area contributed by atoms with Crippen molar-refractivity contribution < 1.29 is 9.59 Å². The number of nitrogens with one attached hydrogen (secondary N) is 2. The van der Waals surface area contributed by atoms with E-state index in [2.05, 4.69) is 25.7 Å². The second kappa shape index (κ2) is 8.83. The zero-order valence-corrected chi connectivity index (χ0v) is 18.2. The fourth-order valence-electron chi connectivity index (χ4n) is 4.08. The summed E-state index contributed by atoms with van der Waals surface area (Å²) < 4.78 is 1.90. The number of fused-ring (bicyclic) bond motifs is 1. The Hall–Kier alpha value is -3.29. The average Bonchev–Trinajstić information content (AvgIpc) is 3.30. The normalized spacial score (nSPS) is 18.3. The lowest BCUT2D eigenvalue weighted by atomic mass is 10.2. The van der Waals surface area contributed by atoms with E-state index in [9.17, 15) is 9.59 Å². The lowest BCUT2D eigenvalue weighted by molar-refractivity contribution is -0.122. The number of benzene rings is 1. The highest BCUT2D eigenvalue weighted by Crippen LogP contribution is 2.20. The van der Waals surface area contributed by atoms with E-state index < -0.39 is 0 Å². The molecule has 2 amide bonds. The van der Waals surface area contributed by atoms with Gasteiger partial charge in [-0.15, -0.1) is 0 Å². The highest BCUT2D eigenvalue weighted by Gasteiger charge is 2.27. The lowest BCUT2D eigenvalue weighted by Gasteiger charge is -2.15. The molecule has 1 aliphatic carbocycles. The molecule has 1 aromatic carbocycles. The third-order valence-electron chi connectivity index (χ3n) is 6.11. The van der Waals surface area contributed by atoms with E-state index in [0.29, 0.717) is 24.2 Å². The highest BCUT2D eigenvalue weighted by molar-refractivity contribution is 5.94. The molecular weight excluding hydrogens is 392 g/mol. The number of carbonyl (C=O) groups excluding carboxylic acids is 2. The van der Waals surface area contributed by atoms with E-state index in [-0.39, 0.29) is 23.9 Å². The van der Waals surface area contributed by atoms with Crippen molar-refractivity contribution in [2.45, 2.75) is 65.1 Å². The van der Waals surface area contributed by atoms with E-state index in [4.69, 9.17) is 0 Å². The van der Waals surface area contributed by atoms with Crippen molar-refractivity contribution in [3.05, 3.63) is 53.1 Å². The third-order valence-corrected chi connectivity index (χ3v) is 6.11. The summed E-state index contributed by atoms with van der Waals surface area (Å²) in [6, 6.07) is 7.56. The highest BCUT2D eigenvalue weighted by atomic mass is 16.2. The van der Waals surface area contributed by atoms with Gasteiger partial charge in [-0.1, -0.05) is 12.1 Å². The number of para-hydroxylation sites is 2. The topological polar surface area (TPSA) is 102 Å². The molecule has 3 aromatic rings. The number of carbonyl (C=O) groups is 2. The van der Waals surface area contributed by atoms with Crippen LogP contribution in [0.15, 0.2) is 30.5 Å². The summed E-state index contributed by atoms with van der Waals surface area (Å²) >= 11 is 0. The number of hydrogen-bond acceptors (Lipinski definition) is 5. The molecule has 1 saturated carbocycles. The molecule has 1 fully saturated rings. The van der Waals surface area contributed by atoms with Gasteiger partial charge in [0, 0.05) is 30.7 Å². The van der Waals surface area contributed by atoms with E-state index in [1.807, 2.05) is 49.7 Å². The first-order valence-corrected chi connectivity index (χ1v) is 10.7. The molecule has 31 heavy (non-hydrogen) atoms. The number of nitrogens with zero attached hydrogens (tertiary/aromatic N) is 4. The fraction of sp³-hybridized carbons (Fsp3) is 0.435. The number of aromatic nitrogens is 4. The molecule has 2 heterocycles. The Kier molecular flexibility index (Phi) is 5.97. The van der Waals surface area contributed by atoms with Crippen molar-refractivity contribution in [3.63, 3.8) is 0 Å². The molecule has 1 aliphatic rings. The van der Waals surface area contributed by atoms with Crippen LogP contribution in [0.4, 0.5) is 0 Å². The summed E-state index contributed by atoms with van der Waals surface area (Å²) in [5.41, 5.74) is 5.05. The van der Waals surface area contributed by atoms with Crippen molar-refractivity contribution in [2.24, 2.45) is 0 Å². The van der Waals surface area contributed by atoms with Gasteiger partial charge < -0.3 is 10.6 Å². The number of amides is 2. The molecule has 0 saturated heterocycles. The van der Waals surface area contributed by atoms with E-state index in [0.717, 1.165) is 36.2 Å². The third kappa shape index (κ3) is 4.73. The Balaban J connectivity index is 1.26. The Morgan fingerprint density at radius 1 is 1.06 bits per heavy atom. The van der Waals surface area contributed by atoms with Crippen LogP contribution in [0.1, 0.15) is 53.1 Å². The van der Waals surface area contributed by atoms with Crippen LogP contribution in [0.2, 0.25) is 0 Å². The van der Waals surface area contributed by atoms with E-state index >= 15 is 0 Å². The molecule has 2 unspecified atom stereocenters. The van der Waals surface area contributed by atoms with Gasteiger partial charge in [0.1, 0.15) is 5.69 Å². The van der Waals surface area contributed by atoms with Gasteiger partial charge in [-0.2, -0.15) is 5.10 Å². The molecule has 0 spiro atoms. The van der Waals surface area contributed by atoms with Crippen LogP contribution < -0.4 is 10.6 Å². The maximum absolute atomic E-state index is 12.6. The second-order valence-corrected chi connectivity index (χ2v) is 8.26. The Labute approximate surface area is 181 Å². The molecule has 0 radical (unpaired) electrons. The summed E-state index contributed by atoms with van der Waals surface area (Å²) in [6.07, 6.45) is 4.29. The molecule has 8 nitrogen and oxygen atoms in total. The number of hydrogen-bond donors (Lipinski definition) is 2. The largest absolute Gasteiger partial charge is 0.353 e. The van der Waals surface area contributed by atoms with Crippen LogP contribution in [-0.2, 0) is 11.3 Å². The van der Waals surface area contributed by atoms with Gasteiger partial charge in [-0.3, -0.25) is 19.3 Å².